The standard InChI is InChI=1S/C19H23N9O3/c1-2-30-15-8-4-3-7-13(15)11-21-23-19(29)16-14(12-27-9-5-6-10-27)28(26-22-16)18-17(20)24-31-25-18/h3-4,7-8,11H,2,5-6,9-10,12H2,1H3,(H2,20,24)(H,23,29)/b21-11-. The largest absolute Gasteiger partial charge is 0.493 e. The number of nitrogen functional groups attached to an aromatic ring is 1. The van der Waals surface area contributed by atoms with Gasteiger partial charge in [-0.3, -0.25) is 9.69 Å². The minimum absolute atomic E-state index is 0.0603. The Morgan fingerprint density at radius 1 is 1.32 bits per heavy atom. The Morgan fingerprint density at radius 3 is 2.87 bits per heavy atom. The van der Waals surface area contributed by atoms with E-state index in [0.29, 0.717) is 24.6 Å². The Labute approximate surface area is 178 Å². The number of hydrogen-bond acceptors (Lipinski definition) is 10. The highest BCUT2D eigenvalue weighted by Crippen LogP contribution is 2.20. The molecule has 3 N–H and O–H groups in total. The van der Waals surface area contributed by atoms with E-state index in [-0.39, 0.29) is 17.3 Å². The summed E-state index contributed by atoms with van der Waals surface area (Å²) < 4.78 is 11.6. The topological polar surface area (TPSA) is 150 Å². The van der Waals surface area contributed by atoms with Gasteiger partial charge in [0.05, 0.1) is 18.5 Å². The van der Waals surface area contributed by atoms with Crippen LogP contribution >= 0.6 is 0 Å². The van der Waals surface area contributed by atoms with Gasteiger partial charge in [0.1, 0.15) is 5.75 Å². The summed E-state index contributed by atoms with van der Waals surface area (Å²) in [6.07, 6.45) is 3.72. The third-order valence-electron chi connectivity index (χ3n) is 4.84. The SMILES string of the molecule is CCOc1ccccc1/C=N\NC(=O)c1nnn(-c2nonc2N)c1CN1CCCC1. The molecule has 1 aliphatic heterocycles. The fourth-order valence-corrected chi connectivity index (χ4v) is 3.37. The third-order valence-corrected chi connectivity index (χ3v) is 4.84. The number of rotatable bonds is 8. The second kappa shape index (κ2) is 9.34. The van der Waals surface area contributed by atoms with Gasteiger partial charge in [-0.05, 0) is 55.3 Å². The van der Waals surface area contributed by atoms with E-state index < -0.39 is 5.91 Å². The summed E-state index contributed by atoms with van der Waals surface area (Å²) >= 11 is 0. The number of likely N-dealkylation sites (tertiary alicyclic amines) is 1. The van der Waals surface area contributed by atoms with E-state index in [9.17, 15) is 4.79 Å². The molecular formula is C19H23N9O3. The van der Waals surface area contributed by atoms with E-state index in [1.165, 1.54) is 10.9 Å². The Balaban J connectivity index is 1.56. The van der Waals surface area contributed by atoms with Crippen LogP contribution in [-0.2, 0) is 6.54 Å². The minimum Gasteiger partial charge on any atom is -0.493 e. The highest BCUT2D eigenvalue weighted by Gasteiger charge is 2.26. The number of benzene rings is 1. The maximum Gasteiger partial charge on any atom is 0.293 e. The minimum atomic E-state index is -0.499. The second-order valence-electron chi connectivity index (χ2n) is 6.92. The first kappa shape index (κ1) is 20.5. The lowest BCUT2D eigenvalue weighted by Crippen LogP contribution is -2.25. The number of aromatic nitrogens is 5. The van der Waals surface area contributed by atoms with Crippen LogP contribution in [0.5, 0.6) is 5.75 Å². The van der Waals surface area contributed by atoms with E-state index in [4.69, 9.17) is 10.5 Å². The number of anilines is 1. The van der Waals surface area contributed by atoms with Crippen molar-refractivity contribution in [2.24, 2.45) is 5.10 Å². The lowest BCUT2D eigenvalue weighted by Gasteiger charge is -2.15. The molecule has 0 saturated carbocycles. The molecule has 3 heterocycles. The van der Waals surface area contributed by atoms with E-state index in [1.54, 1.807) is 0 Å². The highest BCUT2D eigenvalue weighted by molar-refractivity contribution is 5.94. The molecule has 12 nitrogen and oxygen atoms in total. The molecule has 1 fully saturated rings. The van der Waals surface area contributed by atoms with Crippen LogP contribution in [0.15, 0.2) is 34.0 Å². The van der Waals surface area contributed by atoms with Gasteiger partial charge in [0.15, 0.2) is 5.69 Å². The lowest BCUT2D eigenvalue weighted by atomic mass is 10.2. The molecule has 4 rings (SSSR count). The van der Waals surface area contributed by atoms with Gasteiger partial charge in [0.25, 0.3) is 5.91 Å². The van der Waals surface area contributed by atoms with Crippen LogP contribution in [0.1, 0.15) is 41.5 Å². The fourth-order valence-electron chi connectivity index (χ4n) is 3.37. The lowest BCUT2D eigenvalue weighted by molar-refractivity contribution is 0.0948. The molecule has 0 unspecified atom stereocenters. The molecular weight excluding hydrogens is 402 g/mol. The quantitative estimate of drug-likeness (QED) is 0.398. The van der Waals surface area contributed by atoms with E-state index in [0.717, 1.165) is 31.5 Å². The first-order valence-electron chi connectivity index (χ1n) is 9.98. The van der Waals surface area contributed by atoms with Crippen molar-refractivity contribution in [1.82, 2.24) is 35.6 Å². The highest BCUT2D eigenvalue weighted by atomic mass is 16.6. The molecule has 1 saturated heterocycles. The third kappa shape index (κ3) is 4.53. The van der Waals surface area contributed by atoms with Crippen LogP contribution in [0, 0.1) is 0 Å². The summed E-state index contributed by atoms with van der Waals surface area (Å²) in [6, 6.07) is 7.41. The fraction of sp³-hybridized carbons (Fsp3) is 0.368. The molecule has 0 spiro atoms. The Hall–Kier alpha value is -3.80. The molecule has 1 amide bonds. The number of hydrazone groups is 1. The van der Waals surface area contributed by atoms with Gasteiger partial charge >= 0.3 is 0 Å². The smallest absolute Gasteiger partial charge is 0.293 e. The van der Waals surface area contributed by atoms with Crippen molar-refractivity contribution in [3.05, 3.63) is 41.2 Å². The van der Waals surface area contributed by atoms with Gasteiger partial charge in [-0.1, -0.05) is 17.3 Å². The van der Waals surface area contributed by atoms with Crippen LogP contribution in [0.3, 0.4) is 0 Å². The van der Waals surface area contributed by atoms with Crippen molar-refractivity contribution in [2.75, 3.05) is 25.4 Å². The van der Waals surface area contributed by atoms with Crippen molar-refractivity contribution in [3.63, 3.8) is 0 Å². The molecule has 1 aromatic carbocycles. The summed E-state index contributed by atoms with van der Waals surface area (Å²) in [7, 11) is 0. The Kier molecular flexibility index (Phi) is 6.17. The molecule has 12 heteroatoms. The number of nitrogens with zero attached hydrogens (tertiary/aromatic N) is 7. The molecule has 0 bridgehead atoms. The summed E-state index contributed by atoms with van der Waals surface area (Å²) in [5, 5.41) is 19.5. The first-order valence-corrected chi connectivity index (χ1v) is 9.98. The number of nitrogens with one attached hydrogen (secondary N) is 1. The summed E-state index contributed by atoms with van der Waals surface area (Å²) in [5.41, 5.74) is 9.72. The number of carbonyl (C=O) groups excluding carboxylic acids is 1. The molecule has 31 heavy (non-hydrogen) atoms. The van der Waals surface area contributed by atoms with Gasteiger partial charge in [-0.25, -0.2) is 10.1 Å². The molecule has 0 aliphatic carbocycles. The number of para-hydroxylation sites is 1. The number of hydrogen-bond donors (Lipinski definition) is 2. The average molecular weight is 425 g/mol. The van der Waals surface area contributed by atoms with Gasteiger partial charge in [0, 0.05) is 12.1 Å². The van der Waals surface area contributed by atoms with Crippen LogP contribution in [0.25, 0.3) is 5.82 Å². The van der Waals surface area contributed by atoms with Crippen molar-refractivity contribution in [2.45, 2.75) is 26.3 Å². The van der Waals surface area contributed by atoms with Gasteiger partial charge in [-0.2, -0.15) is 9.78 Å². The predicted molar refractivity (Wildman–Crippen MR) is 111 cm³/mol. The Bertz CT molecular complexity index is 1070. The first-order chi connectivity index (χ1) is 15.2. The monoisotopic (exact) mass is 425 g/mol. The van der Waals surface area contributed by atoms with E-state index >= 15 is 0 Å². The van der Waals surface area contributed by atoms with Crippen molar-refractivity contribution in [1.29, 1.82) is 0 Å². The summed E-state index contributed by atoms with van der Waals surface area (Å²) in [5.74, 6) is 0.429. The van der Waals surface area contributed by atoms with E-state index in [2.05, 4.69) is 40.7 Å². The van der Waals surface area contributed by atoms with E-state index in [1.807, 2.05) is 31.2 Å². The zero-order chi connectivity index (χ0) is 21.6. The zero-order valence-electron chi connectivity index (χ0n) is 17.1. The van der Waals surface area contributed by atoms with Crippen molar-refractivity contribution in [3.8, 4) is 11.6 Å². The van der Waals surface area contributed by atoms with Crippen LogP contribution < -0.4 is 15.9 Å². The number of ether oxygens (including phenoxy) is 1. The van der Waals surface area contributed by atoms with Gasteiger partial charge < -0.3 is 10.5 Å². The number of carbonyl (C=O) groups is 1. The number of amides is 1. The van der Waals surface area contributed by atoms with Crippen LogP contribution in [0.4, 0.5) is 5.82 Å². The second-order valence-corrected chi connectivity index (χ2v) is 6.92. The van der Waals surface area contributed by atoms with Crippen molar-refractivity contribution >= 4 is 17.9 Å². The molecule has 3 aromatic rings. The average Bonchev–Trinajstić information content (AvgIpc) is 3.51. The maximum absolute atomic E-state index is 12.8. The summed E-state index contributed by atoms with van der Waals surface area (Å²) in [4.78, 5) is 15.0. The van der Waals surface area contributed by atoms with Crippen molar-refractivity contribution < 1.29 is 14.2 Å². The van der Waals surface area contributed by atoms with Crippen LogP contribution in [-0.4, -0.2) is 62.0 Å². The maximum atomic E-state index is 12.8. The molecule has 162 valence electrons. The normalized spacial score (nSPS) is 14.4. The Morgan fingerprint density at radius 2 is 2.13 bits per heavy atom. The zero-order valence-corrected chi connectivity index (χ0v) is 17.1. The predicted octanol–water partition coefficient (Wildman–Crippen LogP) is 0.991. The van der Waals surface area contributed by atoms with Crippen LogP contribution in [0.2, 0.25) is 0 Å². The molecule has 1 aliphatic rings. The summed E-state index contributed by atoms with van der Waals surface area (Å²) in [6.45, 7) is 4.73. The number of nitrogens with two attached hydrogens (primary N) is 1. The molecule has 0 radical (unpaired) electrons. The molecule has 0 atom stereocenters. The van der Waals surface area contributed by atoms with Gasteiger partial charge in [-0.15, -0.1) is 5.10 Å². The van der Waals surface area contributed by atoms with Gasteiger partial charge in [0.2, 0.25) is 11.6 Å². The molecule has 2 aromatic heterocycles.